The van der Waals surface area contributed by atoms with Crippen molar-refractivity contribution < 1.29 is 14.6 Å². The first kappa shape index (κ1) is 14.3. The lowest BCUT2D eigenvalue weighted by Gasteiger charge is -2.23. The summed E-state index contributed by atoms with van der Waals surface area (Å²) < 4.78 is 4.89. The molecule has 0 spiro atoms. The first-order valence-electron chi connectivity index (χ1n) is 5.11. The molecule has 5 heteroatoms. The van der Waals surface area contributed by atoms with Gasteiger partial charge in [-0.1, -0.05) is 0 Å². The number of rotatable bonds is 7. The Labute approximate surface area is 91.4 Å². The molecule has 0 saturated carbocycles. The molecule has 2 N–H and O–H groups in total. The van der Waals surface area contributed by atoms with Crippen LogP contribution in [-0.4, -0.2) is 61.9 Å². The van der Waals surface area contributed by atoms with Crippen LogP contribution in [0.15, 0.2) is 0 Å². The molecule has 1 atom stereocenters. The van der Waals surface area contributed by atoms with Gasteiger partial charge in [-0.05, 0) is 13.8 Å². The lowest BCUT2D eigenvalue weighted by Crippen LogP contribution is -2.45. The number of nitrogens with zero attached hydrogens (tertiary/aromatic N) is 1. The average Bonchev–Trinajstić information content (AvgIpc) is 2.22. The molecule has 0 aromatic heterocycles. The number of hydrogen-bond donors (Lipinski definition) is 2. The zero-order chi connectivity index (χ0) is 11.8. The summed E-state index contributed by atoms with van der Waals surface area (Å²) >= 11 is 0. The van der Waals surface area contributed by atoms with Gasteiger partial charge in [-0.3, -0.25) is 4.79 Å². The van der Waals surface area contributed by atoms with Crippen molar-refractivity contribution in [1.29, 1.82) is 0 Å². The minimum Gasteiger partial charge on any atom is -0.395 e. The smallest absolute Gasteiger partial charge is 0.236 e. The van der Waals surface area contributed by atoms with Crippen molar-refractivity contribution in [3.8, 4) is 0 Å². The minimum absolute atomic E-state index is 0.0135. The van der Waals surface area contributed by atoms with E-state index in [0.29, 0.717) is 6.61 Å². The molecule has 0 aliphatic carbocycles. The Morgan fingerprint density at radius 1 is 1.53 bits per heavy atom. The quantitative estimate of drug-likeness (QED) is 0.602. The van der Waals surface area contributed by atoms with E-state index in [1.807, 2.05) is 13.8 Å². The molecule has 1 unspecified atom stereocenters. The van der Waals surface area contributed by atoms with E-state index in [-0.39, 0.29) is 31.1 Å². The zero-order valence-electron chi connectivity index (χ0n) is 9.99. The van der Waals surface area contributed by atoms with Gasteiger partial charge in [0.05, 0.1) is 25.8 Å². The second-order valence-corrected chi connectivity index (χ2v) is 3.81. The summed E-state index contributed by atoms with van der Waals surface area (Å²) in [7, 11) is 3.32. The number of ether oxygens (including phenoxy) is 1. The van der Waals surface area contributed by atoms with Gasteiger partial charge in [-0.15, -0.1) is 0 Å². The number of likely N-dealkylation sites (N-methyl/N-ethyl adjacent to an activating group) is 1. The highest BCUT2D eigenvalue weighted by atomic mass is 16.5. The average molecular weight is 218 g/mol. The second-order valence-electron chi connectivity index (χ2n) is 3.81. The van der Waals surface area contributed by atoms with E-state index in [1.54, 1.807) is 19.1 Å². The number of nitrogens with one attached hydrogen (secondary N) is 1. The van der Waals surface area contributed by atoms with Crippen molar-refractivity contribution in [1.82, 2.24) is 10.2 Å². The van der Waals surface area contributed by atoms with E-state index < -0.39 is 0 Å². The van der Waals surface area contributed by atoms with Gasteiger partial charge in [0, 0.05) is 20.2 Å². The zero-order valence-corrected chi connectivity index (χ0v) is 9.99. The fourth-order valence-electron chi connectivity index (χ4n) is 1.02. The molecule has 0 aliphatic heterocycles. The van der Waals surface area contributed by atoms with E-state index in [2.05, 4.69) is 5.32 Å². The van der Waals surface area contributed by atoms with E-state index in [0.717, 1.165) is 0 Å². The van der Waals surface area contributed by atoms with Gasteiger partial charge in [-0.25, -0.2) is 0 Å². The summed E-state index contributed by atoms with van der Waals surface area (Å²) in [4.78, 5) is 13.2. The highest BCUT2D eigenvalue weighted by Gasteiger charge is 2.13. The van der Waals surface area contributed by atoms with Crippen LogP contribution in [0, 0.1) is 0 Å². The van der Waals surface area contributed by atoms with Gasteiger partial charge in [0.1, 0.15) is 0 Å². The number of methoxy groups -OCH3 is 1. The van der Waals surface area contributed by atoms with Gasteiger partial charge in [0.2, 0.25) is 5.91 Å². The molecule has 1 amide bonds. The Balaban J connectivity index is 3.87. The summed E-state index contributed by atoms with van der Waals surface area (Å²) in [5.41, 5.74) is 0. The van der Waals surface area contributed by atoms with Crippen molar-refractivity contribution in [2.24, 2.45) is 0 Å². The highest BCUT2D eigenvalue weighted by molar-refractivity contribution is 5.78. The molecule has 0 fully saturated rings. The Kier molecular flexibility index (Phi) is 7.29. The van der Waals surface area contributed by atoms with Crippen LogP contribution in [0.3, 0.4) is 0 Å². The summed E-state index contributed by atoms with van der Waals surface area (Å²) in [5, 5.41) is 11.9. The van der Waals surface area contributed by atoms with Crippen LogP contribution in [-0.2, 0) is 9.53 Å². The lowest BCUT2D eigenvalue weighted by molar-refractivity contribution is -0.130. The van der Waals surface area contributed by atoms with Gasteiger partial charge in [0.25, 0.3) is 0 Å². The van der Waals surface area contributed by atoms with E-state index in [9.17, 15) is 4.79 Å². The molecule has 0 rings (SSSR count). The first-order valence-corrected chi connectivity index (χ1v) is 5.11. The van der Waals surface area contributed by atoms with Crippen molar-refractivity contribution in [3.63, 3.8) is 0 Å². The summed E-state index contributed by atoms with van der Waals surface area (Å²) in [6.07, 6.45) is 0. The first-order chi connectivity index (χ1) is 7.02. The molecule has 0 aliphatic rings. The van der Waals surface area contributed by atoms with Crippen molar-refractivity contribution >= 4 is 5.91 Å². The standard InChI is InChI=1S/C10H22N2O3/c1-8(2)12(3)10(14)5-11-9(6-13)7-15-4/h8-9,11,13H,5-7H2,1-4H3. The molecule has 0 aromatic carbocycles. The summed E-state index contributed by atoms with van der Waals surface area (Å²) in [6.45, 7) is 4.50. The van der Waals surface area contributed by atoms with Gasteiger partial charge in [-0.2, -0.15) is 0 Å². The van der Waals surface area contributed by atoms with Gasteiger partial charge in [0.15, 0.2) is 0 Å². The molecule has 0 bridgehead atoms. The maximum absolute atomic E-state index is 11.6. The largest absolute Gasteiger partial charge is 0.395 e. The van der Waals surface area contributed by atoms with Crippen LogP contribution in [0.25, 0.3) is 0 Å². The predicted molar refractivity (Wildman–Crippen MR) is 58.7 cm³/mol. The fourth-order valence-corrected chi connectivity index (χ4v) is 1.02. The minimum atomic E-state index is -0.181. The molecule has 0 radical (unpaired) electrons. The Morgan fingerprint density at radius 3 is 2.53 bits per heavy atom. The highest BCUT2D eigenvalue weighted by Crippen LogP contribution is 1.93. The van der Waals surface area contributed by atoms with E-state index in [1.165, 1.54) is 0 Å². The Hall–Kier alpha value is -0.650. The maximum Gasteiger partial charge on any atom is 0.236 e. The van der Waals surface area contributed by atoms with Crippen LogP contribution in [0.2, 0.25) is 0 Å². The normalized spacial score (nSPS) is 12.9. The third-order valence-electron chi connectivity index (χ3n) is 2.30. The van der Waals surface area contributed by atoms with E-state index >= 15 is 0 Å². The van der Waals surface area contributed by atoms with Crippen LogP contribution in [0.1, 0.15) is 13.8 Å². The number of hydrogen-bond acceptors (Lipinski definition) is 4. The van der Waals surface area contributed by atoms with Crippen molar-refractivity contribution in [2.75, 3.05) is 33.9 Å². The number of amides is 1. The lowest BCUT2D eigenvalue weighted by atomic mass is 10.3. The topological polar surface area (TPSA) is 61.8 Å². The summed E-state index contributed by atoms with van der Waals surface area (Å²) in [5.74, 6) is 0.0135. The molecular weight excluding hydrogens is 196 g/mol. The SMILES string of the molecule is COCC(CO)NCC(=O)N(C)C(C)C. The summed E-state index contributed by atoms with van der Waals surface area (Å²) in [6, 6.07) is 0.00816. The number of carbonyl (C=O) groups excluding carboxylic acids is 1. The molecule has 0 heterocycles. The molecule has 0 saturated heterocycles. The number of aliphatic hydroxyl groups is 1. The number of aliphatic hydroxyl groups excluding tert-OH is 1. The maximum atomic E-state index is 11.6. The van der Waals surface area contributed by atoms with Gasteiger partial charge >= 0.3 is 0 Å². The fraction of sp³-hybridized carbons (Fsp3) is 0.900. The predicted octanol–water partition coefficient (Wildman–Crippen LogP) is -0.550. The third kappa shape index (κ3) is 5.71. The Bertz CT molecular complexity index is 186. The van der Waals surface area contributed by atoms with Crippen LogP contribution in [0.4, 0.5) is 0 Å². The third-order valence-corrected chi connectivity index (χ3v) is 2.30. The van der Waals surface area contributed by atoms with Crippen LogP contribution < -0.4 is 5.32 Å². The monoisotopic (exact) mass is 218 g/mol. The molecular formula is C10H22N2O3. The molecule has 0 aromatic rings. The van der Waals surface area contributed by atoms with Crippen LogP contribution in [0.5, 0.6) is 0 Å². The van der Waals surface area contributed by atoms with Crippen molar-refractivity contribution in [3.05, 3.63) is 0 Å². The van der Waals surface area contributed by atoms with E-state index in [4.69, 9.17) is 9.84 Å². The molecule has 15 heavy (non-hydrogen) atoms. The number of carbonyl (C=O) groups is 1. The Morgan fingerprint density at radius 2 is 2.13 bits per heavy atom. The van der Waals surface area contributed by atoms with Crippen molar-refractivity contribution in [2.45, 2.75) is 25.9 Å². The van der Waals surface area contributed by atoms with Gasteiger partial charge < -0.3 is 20.1 Å². The second kappa shape index (κ2) is 7.62. The molecule has 90 valence electrons. The molecule has 5 nitrogen and oxygen atoms in total. The van der Waals surface area contributed by atoms with Crippen LogP contribution >= 0.6 is 0 Å².